The van der Waals surface area contributed by atoms with Crippen LogP contribution in [0.5, 0.6) is 0 Å². The predicted molar refractivity (Wildman–Crippen MR) is 64.3 cm³/mol. The number of nitrogens with two attached hydrogens (primary N) is 1. The van der Waals surface area contributed by atoms with Crippen molar-refractivity contribution in [1.29, 1.82) is 0 Å². The highest BCUT2D eigenvalue weighted by Gasteiger charge is 2.30. The second-order valence-electron chi connectivity index (χ2n) is 4.76. The van der Waals surface area contributed by atoms with Crippen molar-refractivity contribution in [2.24, 2.45) is 5.73 Å². The summed E-state index contributed by atoms with van der Waals surface area (Å²) in [5.74, 6) is -0.0901. The normalized spacial score (nSPS) is 19.8. The van der Waals surface area contributed by atoms with Gasteiger partial charge in [0.25, 0.3) is 0 Å². The molecule has 0 aliphatic carbocycles. The molecule has 0 saturated carbocycles. The zero-order chi connectivity index (χ0) is 14.0. The van der Waals surface area contributed by atoms with E-state index in [-0.39, 0.29) is 18.4 Å². The van der Waals surface area contributed by atoms with Gasteiger partial charge in [-0.2, -0.15) is 13.2 Å². The molecule has 1 atom stereocenters. The Morgan fingerprint density at radius 1 is 1.32 bits per heavy atom. The average Bonchev–Trinajstić information content (AvgIpc) is 2.75. The molecule has 1 heterocycles. The van der Waals surface area contributed by atoms with Gasteiger partial charge in [-0.05, 0) is 24.1 Å². The van der Waals surface area contributed by atoms with Crippen LogP contribution in [0.25, 0.3) is 0 Å². The van der Waals surface area contributed by atoms with Gasteiger partial charge in [0.05, 0.1) is 12.0 Å². The van der Waals surface area contributed by atoms with Crippen LogP contribution < -0.4 is 5.73 Å². The van der Waals surface area contributed by atoms with Crippen LogP contribution >= 0.6 is 0 Å². The van der Waals surface area contributed by atoms with Crippen molar-refractivity contribution >= 4 is 5.91 Å². The van der Waals surface area contributed by atoms with Crippen molar-refractivity contribution in [2.45, 2.75) is 25.1 Å². The summed E-state index contributed by atoms with van der Waals surface area (Å²) in [4.78, 5) is 13.5. The Balaban J connectivity index is 1.98. The molecule has 0 spiro atoms. The van der Waals surface area contributed by atoms with Crippen LogP contribution in [0, 0.1) is 0 Å². The predicted octanol–water partition coefficient (Wildman–Crippen LogP) is 1.81. The molecule has 1 aromatic rings. The summed E-state index contributed by atoms with van der Waals surface area (Å²) >= 11 is 0. The Kier molecular flexibility index (Phi) is 3.80. The zero-order valence-corrected chi connectivity index (χ0v) is 10.3. The molecule has 3 nitrogen and oxygen atoms in total. The molecular formula is C13H15F3N2O. The molecule has 0 aromatic heterocycles. The average molecular weight is 272 g/mol. The van der Waals surface area contributed by atoms with Crippen molar-refractivity contribution < 1.29 is 18.0 Å². The summed E-state index contributed by atoms with van der Waals surface area (Å²) in [6, 6.07) is 4.70. The summed E-state index contributed by atoms with van der Waals surface area (Å²) in [5, 5.41) is 0. The zero-order valence-electron chi connectivity index (χ0n) is 10.3. The van der Waals surface area contributed by atoms with Crippen LogP contribution in [0.4, 0.5) is 13.2 Å². The molecule has 6 heteroatoms. The minimum Gasteiger partial charge on any atom is -0.341 e. The van der Waals surface area contributed by atoms with Crippen molar-refractivity contribution in [3.05, 3.63) is 35.4 Å². The maximum absolute atomic E-state index is 12.4. The van der Waals surface area contributed by atoms with Gasteiger partial charge in [0.2, 0.25) is 5.91 Å². The lowest BCUT2D eigenvalue weighted by Gasteiger charge is -2.16. The van der Waals surface area contributed by atoms with Gasteiger partial charge >= 0.3 is 6.18 Å². The number of carbonyl (C=O) groups excluding carboxylic acids is 1. The van der Waals surface area contributed by atoms with Crippen molar-refractivity contribution in [2.75, 3.05) is 13.1 Å². The van der Waals surface area contributed by atoms with Gasteiger partial charge < -0.3 is 10.6 Å². The number of hydrogen-bond acceptors (Lipinski definition) is 2. The number of halogens is 3. The Hall–Kier alpha value is -1.56. The first-order valence-corrected chi connectivity index (χ1v) is 6.06. The van der Waals surface area contributed by atoms with Gasteiger partial charge in [-0.25, -0.2) is 0 Å². The SMILES string of the molecule is N[C@@H]1CCN(C(=O)Cc2ccc(C(F)(F)F)cc2)C1. The molecular weight excluding hydrogens is 257 g/mol. The van der Waals surface area contributed by atoms with Crippen LogP contribution in [0.15, 0.2) is 24.3 Å². The van der Waals surface area contributed by atoms with Crippen LogP contribution in [-0.4, -0.2) is 29.9 Å². The molecule has 2 rings (SSSR count). The first-order chi connectivity index (χ1) is 8.86. The summed E-state index contributed by atoms with van der Waals surface area (Å²) in [5.41, 5.74) is 5.59. The standard InChI is InChI=1S/C13H15F3N2O/c14-13(15,16)10-3-1-9(2-4-10)7-12(19)18-6-5-11(17)8-18/h1-4,11H,5-8,17H2/t11-/m1/s1. The third-order valence-electron chi connectivity index (χ3n) is 3.21. The van der Waals surface area contributed by atoms with Gasteiger partial charge in [0, 0.05) is 19.1 Å². The van der Waals surface area contributed by atoms with Crippen molar-refractivity contribution in [1.82, 2.24) is 4.90 Å². The van der Waals surface area contributed by atoms with E-state index in [2.05, 4.69) is 0 Å². The minimum atomic E-state index is -4.34. The molecule has 104 valence electrons. The van der Waals surface area contributed by atoms with E-state index in [4.69, 9.17) is 5.73 Å². The summed E-state index contributed by atoms with van der Waals surface area (Å²) in [6.07, 6.45) is -3.45. The van der Waals surface area contributed by atoms with Gasteiger partial charge in [-0.15, -0.1) is 0 Å². The van der Waals surface area contributed by atoms with E-state index in [1.54, 1.807) is 4.90 Å². The number of nitrogens with zero attached hydrogens (tertiary/aromatic N) is 1. The van der Waals surface area contributed by atoms with E-state index in [1.807, 2.05) is 0 Å². The summed E-state index contributed by atoms with van der Waals surface area (Å²) < 4.78 is 37.1. The molecule has 1 amide bonds. The van der Waals surface area contributed by atoms with Gasteiger partial charge in [-0.3, -0.25) is 4.79 Å². The number of rotatable bonds is 2. The third-order valence-corrected chi connectivity index (χ3v) is 3.21. The quantitative estimate of drug-likeness (QED) is 0.892. The summed E-state index contributed by atoms with van der Waals surface area (Å²) in [6.45, 7) is 1.15. The molecule has 1 saturated heterocycles. The molecule has 0 bridgehead atoms. The Morgan fingerprint density at radius 2 is 1.95 bits per heavy atom. The molecule has 1 aromatic carbocycles. The fourth-order valence-corrected chi connectivity index (χ4v) is 2.11. The van der Waals surface area contributed by atoms with Crippen molar-refractivity contribution in [3.8, 4) is 0 Å². The van der Waals surface area contributed by atoms with E-state index >= 15 is 0 Å². The van der Waals surface area contributed by atoms with Crippen LogP contribution in [-0.2, 0) is 17.4 Å². The fraction of sp³-hybridized carbons (Fsp3) is 0.462. The number of hydrogen-bond donors (Lipinski definition) is 1. The van der Waals surface area contributed by atoms with Gasteiger partial charge in [0.15, 0.2) is 0 Å². The molecule has 0 radical (unpaired) electrons. The van der Waals surface area contributed by atoms with Gasteiger partial charge in [0.1, 0.15) is 0 Å². The van der Waals surface area contributed by atoms with Crippen LogP contribution in [0.2, 0.25) is 0 Å². The lowest BCUT2D eigenvalue weighted by molar-refractivity contribution is -0.137. The highest BCUT2D eigenvalue weighted by Crippen LogP contribution is 2.29. The maximum Gasteiger partial charge on any atom is 0.416 e. The molecule has 1 fully saturated rings. The van der Waals surface area contributed by atoms with E-state index in [0.29, 0.717) is 18.7 Å². The lowest BCUT2D eigenvalue weighted by Crippen LogP contribution is -2.32. The van der Waals surface area contributed by atoms with Crippen molar-refractivity contribution in [3.63, 3.8) is 0 Å². The van der Waals surface area contributed by atoms with E-state index in [0.717, 1.165) is 18.6 Å². The van der Waals surface area contributed by atoms with E-state index in [1.165, 1.54) is 12.1 Å². The highest BCUT2D eigenvalue weighted by atomic mass is 19.4. The molecule has 2 N–H and O–H groups in total. The minimum absolute atomic E-state index is 0.0107. The monoisotopic (exact) mass is 272 g/mol. The smallest absolute Gasteiger partial charge is 0.341 e. The third kappa shape index (κ3) is 3.47. The summed E-state index contributed by atoms with van der Waals surface area (Å²) in [7, 11) is 0. The molecule has 19 heavy (non-hydrogen) atoms. The maximum atomic E-state index is 12.4. The second kappa shape index (κ2) is 5.21. The largest absolute Gasteiger partial charge is 0.416 e. The lowest BCUT2D eigenvalue weighted by atomic mass is 10.1. The van der Waals surface area contributed by atoms with Gasteiger partial charge in [-0.1, -0.05) is 12.1 Å². The highest BCUT2D eigenvalue weighted by molar-refractivity contribution is 5.79. The van der Waals surface area contributed by atoms with Crippen LogP contribution in [0.1, 0.15) is 17.5 Å². The first-order valence-electron chi connectivity index (χ1n) is 6.06. The number of benzene rings is 1. The Labute approximate surface area is 109 Å². The number of carbonyl (C=O) groups is 1. The molecule has 1 aliphatic heterocycles. The topological polar surface area (TPSA) is 46.3 Å². The first kappa shape index (κ1) is 13.9. The van der Waals surface area contributed by atoms with E-state index in [9.17, 15) is 18.0 Å². The number of amides is 1. The van der Waals surface area contributed by atoms with E-state index < -0.39 is 11.7 Å². The number of likely N-dealkylation sites (tertiary alicyclic amines) is 1. The van der Waals surface area contributed by atoms with Crippen LogP contribution in [0.3, 0.4) is 0 Å². The molecule has 0 unspecified atom stereocenters. The Bertz CT molecular complexity index is 456. The Morgan fingerprint density at radius 3 is 2.42 bits per heavy atom. The molecule has 1 aliphatic rings. The second-order valence-corrected chi connectivity index (χ2v) is 4.76. The fourth-order valence-electron chi connectivity index (χ4n) is 2.11. The number of alkyl halides is 3.